The van der Waals surface area contributed by atoms with E-state index in [1.165, 1.54) is 4.68 Å². The second-order valence-electron chi connectivity index (χ2n) is 6.00. The third-order valence-electron chi connectivity index (χ3n) is 3.96. The minimum Gasteiger partial charge on any atom is -0.334 e. The van der Waals surface area contributed by atoms with Gasteiger partial charge in [-0.05, 0) is 24.1 Å². The van der Waals surface area contributed by atoms with Crippen molar-refractivity contribution in [3.8, 4) is 0 Å². The van der Waals surface area contributed by atoms with Crippen LogP contribution in [0.15, 0.2) is 58.8 Å². The van der Waals surface area contributed by atoms with Crippen LogP contribution >= 0.6 is 35.0 Å². The quantitative estimate of drug-likeness (QED) is 0.199. The van der Waals surface area contributed by atoms with Crippen molar-refractivity contribution in [1.82, 2.24) is 14.9 Å². The molecule has 0 aliphatic rings. The van der Waals surface area contributed by atoms with Crippen molar-refractivity contribution in [3.05, 3.63) is 64.1 Å². The number of carbonyl (C=O) groups is 1. The summed E-state index contributed by atoms with van der Waals surface area (Å²) >= 11 is 13.2. The van der Waals surface area contributed by atoms with Gasteiger partial charge in [0.25, 0.3) is 5.95 Å². The molecule has 0 radical (unpaired) electrons. The number of nitrogen functional groups attached to an aromatic ring is 1. The zero-order valence-corrected chi connectivity index (χ0v) is 18.3. The SMILES string of the molecule is CC/C(=N/Nc1nnc(SCC(=O)Nc2cccc(Cl)c2Cl)n1N)c1ccccc1. The lowest BCUT2D eigenvalue weighted by molar-refractivity contribution is -0.113. The Bertz CT molecular complexity index is 1060. The van der Waals surface area contributed by atoms with Crippen LogP contribution in [-0.4, -0.2) is 32.2 Å². The number of nitrogens with two attached hydrogens (primary N) is 1. The minimum absolute atomic E-state index is 0.0612. The zero-order chi connectivity index (χ0) is 21.5. The summed E-state index contributed by atoms with van der Waals surface area (Å²) in [6, 6.07) is 14.8. The molecule has 1 amide bonds. The lowest BCUT2D eigenvalue weighted by Gasteiger charge is -2.08. The number of hydrogen-bond acceptors (Lipinski definition) is 7. The van der Waals surface area contributed by atoms with Crippen LogP contribution in [-0.2, 0) is 4.79 Å². The monoisotopic (exact) mass is 463 g/mol. The van der Waals surface area contributed by atoms with Gasteiger partial charge in [0, 0.05) is 0 Å². The number of hydrogen-bond donors (Lipinski definition) is 3. The second-order valence-corrected chi connectivity index (χ2v) is 7.73. The Kier molecular flexibility index (Phi) is 7.56. The number of nitrogens with one attached hydrogen (secondary N) is 2. The van der Waals surface area contributed by atoms with Crippen LogP contribution in [0.1, 0.15) is 18.9 Å². The lowest BCUT2D eigenvalue weighted by Crippen LogP contribution is -2.17. The van der Waals surface area contributed by atoms with Crippen LogP contribution in [0.3, 0.4) is 0 Å². The lowest BCUT2D eigenvalue weighted by atomic mass is 10.1. The zero-order valence-electron chi connectivity index (χ0n) is 16.0. The standard InChI is InChI=1S/C19H19Cl2N7OS/c1-2-14(12-7-4-3-5-8-12)24-25-18-26-27-19(28(18)22)30-11-16(29)23-15-10-6-9-13(20)17(15)21/h3-10H,2,11,22H2,1H3,(H,23,29)(H,25,26)/b24-14-. The Labute approximate surface area is 187 Å². The van der Waals surface area contributed by atoms with Crippen molar-refractivity contribution < 1.29 is 4.79 Å². The Morgan fingerprint density at radius 3 is 2.67 bits per heavy atom. The normalized spacial score (nSPS) is 11.4. The van der Waals surface area contributed by atoms with Crippen molar-refractivity contribution >= 4 is 58.2 Å². The second kappa shape index (κ2) is 10.3. The molecule has 0 aliphatic heterocycles. The maximum Gasteiger partial charge on any atom is 0.264 e. The summed E-state index contributed by atoms with van der Waals surface area (Å²) in [5, 5.41) is 16.1. The molecule has 0 fully saturated rings. The largest absolute Gasteiger partial charge is 0.334 e. The molecular weight excluding hydrogens is 445 g/mol. The number of nitrogens with zero attached hydrogens (tertiary/aromatic N) is 4. The van der Waals surface area contributed by atoms with E-state index in [2.05, 4.69) is 26.0 Å². The van der Waals surface area contributed by atoms with Gasteiger partial charge in [-0.2, -0.15) is 5.10 Å². The van der Waals surface area contributed by atoms with Crippen LogP contribution in [0.5, 0.6) is 0 Å². The average molecular weight is 464 g/mol. The number of carbonyl (C=O) groups excluding carboxylic acids is 1. The number of hydrazone groups is 1. The van der Waals surface area contributed by atoms with Gasteiger partial charge < -0.3 is 11.2 Å². The van der Waals surface area contributed by atoms with E-state index in [9.17, 15) is 4.79 Å². The first-order chi connectivity index (χ1) is 14.5. The Morgan fingerprint density at radius 2 is 1.93 bits per heavy atom. The minimum atomic E-state index is -0.281. The predicted molar refractivity (Wildman–Crippen MR) is 123 cm³/mol. The molecule has 3 rings (SSSR count). The van der Waals surface area contributed by atoms with E-state index in [0.717, 1.165) is 29.5 Å². The van der Waals surface area contributed by atoms with Crippen LogP contribution in [0.2, 0.25) is 10.0 Å². The van der Waals surface area contributed by atoms with Crippen LogP contribution in [0.25, 0.3) is 0 Å². The molecule has 0 spiro atoms. The van der Waals surface area contributed by atoms with Gasteiger partial charge in [-0.1, -0.05) is 78.3 Å². The molecule has 156 valence electrons. The third-order valence-corrected chi connectivity index (χ3v) is 5.72. The molecule has 0 unspecified atom stereocenters. The molecule has 0 aliphatic carbocycles. The fourth-order valence-electron chi connectivity index (χ4n) is 2.46. The highest BCUT2D eigenvalue weighted by molar-refractivity contribution is 7.99. The summed E-state index contributed by atoms with van der Waals surface area (Å²) in [5.74, 6) is 6.06. The molecule has 1 heterocycles. The molecule has 11 heteroatoms. The molecule has 4 N–H and O–H groups in total. The summed E-state index contributed by atoms with van der Waals surface area (Å²) in [6.45, 7) is 2.01. The van der Waals surface area contributed by atoms with E-state index in [1.807, 2.05) is 37.3 Å². The number of thioether (sulfide) groups is 1. The van der Waals surface area contributed by atoms with Gasteiger partial charge in [0.05, 0.1) is 27.2 Å². The van der Waals surface area contributed by atoms with E-state index in [0.29, 0.717) is 15.9 Å². The molecule has 0 atom stereocenters. The maximum absolute atomic E-state index is 12.2. The van der Waals surface area contributed by atoms with Gasteiger partial charge in [-0.25, -0.2) is 10.1 Å². The fourth-order valence-corrected chi connectivity index (χ4v) is 3.47. The van der Waals surface area contributed by atoms with E-state index >= 15 is 0 Å². The average Bonchev–Trinajstić information content (AvgIpc) is 3.11. The first kappa shape index (κ1) is 21.9. The van der Waals surface area contributed by atoms with Gasteiger partial charge in [-0.15, -0.1) is 10.2 Å². The highest BCUT2D eigenvalue weighted by atomic mass is 35.5. The maximum atomic E-state index is 12.2. The first-order valence-corrected chi connectivity index (χ1v) is 10.7. The number of aromatic nitrogens is 3. The molecule has 0 bridgehead atoms. The number of benzene rings is 2. The Hall–Kier alpha value is -2.75. The van der Waals surface area contributed by atoms with Crippen LogP contribution < -0.4 is 16.6 Å². The van der Waals surface area contributed by atoms with Gasteiger partial charge in [0.15, 0.2) is 0 Å². The highest BCUT2D eigenvalue weighted by Gasteiger charge is 2.14. The number of rotatable bonds is 8. The van der Waals surface area contributed by atoms with E-state index in [4.69, 9.17) is 29.0 Å². The summed E-state index contributed by atoms with van der Waals surface area (Å²) in [6.07, 6.45) is 0.726. The third kappa shape index (κ3) is 5.44. The van der Waals surface area contributed by atoms with E-state index in [1.54, 1.807) is 18.2 Å². The smallest absolute Gasteiger partial charge is 0.264 e. The number of halogens is 2. The summed E-state index contributed by atoms with van der Waals surface area (Å²) in [5.41, 5.74) is 5.12. The molecule has 0 saturated heterocycles. The Balaban J connectivity index is 1.60. The Morgan fingerprint density at radius 1 is 1.17 bits per heavy atom. The van der Waals surface area contributed by atoms with Crippen molar-refractivity contribution in [2.75, 3.05) is 22.3 Å². The predicted octanol–water partition coefficient (Wildman–Crippen LogP) is 4.26. The van der Waals surface area contributed by atoms with Crippen LogP contribution in [0, 0.1) is 0 Å². The topological polar surface area (TPSA) is 110 Å². The van der Waals surface area contributed by atoms with Crippen molar-refractivity contribution in [2.45, 2.75) is 18.5 Å². The first-order valence-electron chi connectivity index (χ1n) is 8.94. The molecule has 8 nitrogen and oxygen atoms in total. The van der Waals surface area contributed by atoms with Crippen LogP contribution in [0.4, 0.5) is 11.6 Å². The van der Waals surface area contributed by atoms with Crippen molar-refractivity contribution in [1.29, 1.82) is 0 Å². The van der Waals surface area contributed by atoms with Crippen molar-refractivity contribution in [2.24, 2.45) is 5.10 Å². The van der Waals surface area contributed by atoms with Crippen molar-refractivity contribution in [3.63, 3.8) is 0 Å². The molecule has 1 aromatic heterocycles. The van der Waals surface area contributed by atoms with Gasteiger partial charge >= 0.3 is 0 Å². The molecule has 0 saturated carbocycles. The summed E-state index contributed by atoms with van der Waals surface area (Å²) in [7, 11) is 0. The fraction of sp³-hybridized carbons (Fsp3) is 0.158. The number of amides is 1. The molecular formula is C19H19Cl2N7OS. The van der Waals surface area contributed by atoms with Gasteiger partial charge in [0.2, 0.25) is 11.1 Å². The summed E-state index contributed by atoms with van der Waals surface area (Å²) < 4.78 is 1.24. The molecule has 2 aromatic carbocycles. The number of anilines is 2. The van der Waals surface area contributed by atoms with Gasteiger partial charge in [-0.3, -0.25) is 4.79 Å². The molecule has 30 heavy (non-hydrogen) atoms. The highest BCUT2D eigenvalue weighted by Crippen LogP contribution is 2.29. The van der Waals surface area contributed by atoms with E-state index in [-0.39, 0.29) is 22.6 Å². The van der Waals surface area contributed by atoms with E-state index < -0.39 is 0 Å². The van der Waals surface area contributed by atoms with Gasteiger partial charge in [0.1, 0.15) is 0 Å². The summed E-state index contributed by atoms with van der Waals surface area (Å²) in [4.78, 5) is 12.2. The molecule has 3 aromatic rings.